The Kier molecular flexibility index (Phi) is 17.4. The second-order valence-corrected chi connectivity index (χ2v) is 14.4. The number of fused-ring (bicyclic) bond motifs is 2. The van der Waals surface area contributed by atoms with Gasteiger partial charge in [0, 0.05) is 49.5 Å². The van der Waals surface area contributed by atoms with Crippen molar-refractivity contribution in [3.05, 3.63) is 93.9 Å². The maximum absolute atomic E-state index is 14.1. The highest BCUT2D eigenvalue weighted by Gasteiger charge is 2.34. The molecule has 13 nitrogen and oxygen atoms in total. The number of allylic oxidation sites excluding steroid dienone is 4. The number of ether oxygens (including phenoxy) is 3. The van der Waals surface area contributed by atoms with E-state index in [2.05, 4.69) is 29.4 Å². The number of benzene rings is 1. The van der Waals surface area contributed by atoms with Gasteiger partial charge in [0.2, 0.25) is 11.6 Å². The van der Waals surface area contributed by atoms with Crippen LogP contribution in [0.15, 0.2) is 82.8 Å². The van der Waals surface area contributed by atoms with Gasteiger partial charge in [0.05, 0.1) is 23.6 Å². The molecule has 2 aliphatic rings. The third-order valence-electron chi connectivity index (χ3n) is 9.73. The van der Waals surface area contributed by atoms with E-state index >= 15 is 0 Å². The standard InChI is InChI=1S/C42H58N4O9/c1-9-18-46(19-10-2)24-29-14-16-30(17-15-29)41(51)45-36-31-20-25(3)21-35(54-8)37(48)27(5)22-28(6)39(55-42(43)52)34(53-7)13-11-12-26(4)40(50)44-32(38(31)49)23-33(36)47/h11-17,22-23,25,27,34-35,37,39,48H,9-10,18-21,24H2,1-8H3,(H2,43,52)(H,44,50)(H,45,51)/b13-11-,26-12+,28-22+/t25-,27+,34+,35+,37-,39+/m1/s1. The molecule has 1 aromatic rings. The number of rotatable bonds is 11. The molecule has 1 aliphatic heterocycles. The Hall–Kier alpha value is -4.69. The molecule has 0 unspecified atom stereocenters. The van der Waals surface area contributed by atoms with E-state index in [0.717, 1.165) is 44.1 Å². The zero-order chi connectivity index (χ0) is 40.8. The van der Waals surface area contributed by atoms with Gasteiger partial charge < -0.3 is 35.7 Å². The summed E-state index contributed by atoms with van der Waals surface area (Å²) in [7, 11) is 2.89. The van der Waals surface area contributed by atoms with Crippen LogP contribution in [0.5, 0.6) is 0 Å². The third-order valence-corrected chi connectivity index (χ3v) is 9.73. The Labute approximate surface area is 324 Å². The number of nitrogens with one attached hydrogen (secondary N) is 2. The Morgan fingerprint density at radius 1 is 1.02 bits per heavy atom. The quantitative estimate of drug-likeness (QED) is 0.180. The average molecular weight is 763 g/mol. The fourth-order valence-corrected chi connectivity index (χ4v) is 6.83. The summed E-state index contributed by atoms with van der Waals surface area (Å²) in [5, 5.41) is 16.7. The molecule has 1 aliphatic carbocycles. The zero-order valence-electron chi connectivity index (χ0n) is 33.3. The molecule has 0 fully saturated rings. The van der Waals surface area contributed by atoms with Crippen LogP contribution < -0.4 is 16.4 Å². The summed E-state index contributed by atoms with van der Waals surface area (Å²) < 4.78 is 16.7. The van der Waals surface area contributed by atoms with Crippen molar-refractivity contribution in [1.29, 1.82) is 0 Å². The summed E-state index contributed by atoms with van der Waals surface area (Å²) in [4.78, 5) is 68.8. The Bertz CT molecular complexity index is 1700. The first-order chi connectivity index (χ1) is 26.1. The minimum atomic E-state index is -1.04. The van der Waals surface area contributed by atoms with Crippen LogP contribution >= 0.6 is 0 Å². The largest absolute Gasteiger partial charge is 0.439 e. The van der Waals surface area contributed by atoms with Gasteiger partial charge in [-0.3, -0.25) is 24.1 Å². The van der Waals surface area contributed by atoms with Crippen LogP contribution in [-0.4, -0.2) is 91.2 Å². The van der Waals surface area contributed by atoms with Gasteiger partial charge in [-0.25, -0.2) is 4.79 Å². The Balaban J connectivity index is 2.02. The van der Waals surface area contributed by atoms with Gasteiger partial charge in [-0.05, 0) is 81.8 Å². The molecule has 300 valence electrons. The predicted octanol–water partition coefficient (Wildman–Crippen LogP) is 4.81. The first-order valence-corrected chi connectivity index (χ1v) is 18.8. The molecular formula is C42H58N4O9. The van der Waals surface area contributed by atoms with E-state index < -0.39 is 59.8 Å². The molecule has 1 aromatic carbocycles. The van der Waals surface area contributed by atoms with Crippen molar-refractivity contribution < 1.29 is 43.3 Å². The minimum absolute atomic E-state index is 0.0223. The number of nitrogens with two attached hydrogens (primary N) is 1. The smallest absolute Gasteiger partial charge is 0.405 e. The fourth-order valence-electron chi connectivity index (χ4n) is 6.83. The Morgan fingerprint density at radius 3 is 2.25 bits per heavy atom. The number of aliphatic hydroxyl groups excluding tert-OH is 1. The number of methoxy groups -OCH3 is 2. The highest BCUT2D eigenvalue weighted by atomic mass is 16.6. The zero-order valence-corrected chi connectivity index (χ0v) is 33.3. The molecule has 13 heteroatoms. The molecule has 1 heterocycles. The number of aliphatic hydroxyl groups is 1. The lowest BCUT2D eigenvalue weighted by molar-refractivity contribution is -0.120. The number of amides is 3. The fraction of sp³-hybridized carbons (Fsp3) is 0.500. The number of carbonyl (C=O) groups excluding carboxylic acids is 5. The van der Waals surface area contributed by atoms with E-state index in [-0.39, 0.29) is 41.3 Å². The van der Waals surface area contributed by atoms with Gasteiger partial charge in [0.15, 0.2) is 6.10 Å². The van der Waals surface area contributed by atoms with Crippen LogP contribution in [0.4, 0.5) is 4.79 Å². The van der Waals surface area contributed by atoms with E-state index in [1.165, 1.54) is 33.3 Å². The second-order valence-electron chi connectivity index (χ2n) is 14.4. The van der Waals surface area contributed by atoms with Gasteiger partial charge >= 0.3 is 6.09 Å². The molecule has 0 spiro atoms. The van der Waals surface area contributed by atoms with Crippen LogP contribution in [-0.2, 0) is 35.1 Å². The molecule has 5 N–H and O–H groups in total. The number of hydrogen-bond acceptors (Lipinski definition) is 10. The van der Waals surface area contributed by atoms with Gasteiger partial charge in [-0.1, -0.05) is 64.1 Å². The lowest BCUT2D eigenvalue weighted by Crippen LogP contribution is -2.38. The van der Waals surface area contributed by atoms with Crippen molar-refractivity contribution in [2.24, 2.45) is 17.6 Å². The number of nitrogens with zero attached hydrogens (tertiary/aromatic N) is 1. The van der Waals surface area contributed by atoms with Crippen molar-refractivity contribution in [2.45, 2.75) is 98.2 Å². The number of ketones is 2. The SMILES string of the molecule is CCCN(CCC)Cc1ccc(C(=O)NC2=C3C[C@@H](C)C[C@H](OC)[C@H](O)[C@@H](C)/C=C(\C)[C@H](OC(N)=O)[C@@H](OC)/C=C\C=C(/C)C(=O)NC(=CC2=O)C3=O)cc1. The summed E-state index contributed by atoms with van der Waals surface area (Å²) in [6.07, 6.45) is 5.13. The lowest BCUT2D eigenvalue weighted by Gasteiger charge is -2.30. The molecule has 0 saturated heterocycles. The second kappa shape index (κ2) is 21.4. The first kappa shape index (κ1) is 44.7. The van der Waals surface area contributed by atoms with Gasteiger partial charge in [-0.2, -0.15) is 0 Å². The lowest BCUT2D eigenvalue weighted by atomic mass is 9.85. The van der Waals surface area contributed by atoms with Crippen LogP contribution in [0.3, 0.4) is 0 Å². The van der Waals surface area contributed by atoms with E-state index in [0.29, 0.717) is 11.1 Å². The molecule has 3 rings (SSSR count). The number of Topliss-reactive ketones (excluding diaryl/α,β-unsaturated/α-hetero) is 1. The minimum Gasteiger partial charge on any atom is -0.439 e. The highest BCUT2D eigenvalue weighted by Crippen LogP contribution is 2.29. The summed E-state index contributed by atoms with van der Waals surface area (Å²) in [5.41, 5.74) is 7.12. The van der Waals surface area contributed by atoms with Crippen LogP contribution in [0.1, 0.15) is 83.1 Å². The molecule has 3 amide bonds. The average Bonchev–Trinajstić information content (AvgIpc) is 3.14. The molecule has 55 heavy (non-hydrogen) atoms. The van der Waals surface area contributed by atoms with E-state index in [9.17, 15) is 29.1 Å². The van der Waals surface area contributed by atoms with Crippen molar-refractivity contribution in [3.8, 4) is 0 Å². The molecule has 0 saturated carbocycles. The number of primary amides is 1. The highest BCUT2D eigenvalue weighted by molar-refractivity contribution is 6.24. The van der Waals surface area contributed by atoms with E-state index in [1.54, 1.807) is 38.1 Å². The molecule has 2 bridgehead atoms. The monoisotopic (exact) mass is 762 g/mol. The summed E-state index contributed by atoms with van der Waals surface area (Å²) in [6.45, 7) is 13.8. The summed E-state index contributed by atoms with van der Waals surface area (Å²) in [5.74, 6) is -3.32. The first-order valence-electron chi connectivity index (χ1n) is 18.8. The maximum Gasteiger partial charge on any atom is 0.405 e. The van der Waals surface area contributed by atoms with Crippen LogP contribution in [0, 0.1) is 11.8 Å². The third kappa shape index (κ3) is 12.7. The van der Waals surface area contributed by atoms with Crippen LogP contribution in [0.25, 0.3) is 0 Å². The number of hydrogen-bond donors (Lipinski definition) is 4. The Morgan fingerprint density at radius 2 is 1.67 bits per heavy atom. The molecule has 0 aromatic heterocycles. The molecule has 0 radical (unpaired) electrons. The van der Waals surface area contributed by atoms with E-state index in [4.69, 9.17) is 19.9 Å². The summed E-state index contributed by atoms with van der Waals surface area (Å²) in [6, 6.07) is 7.15. The van der Waals surface area contributed by atoms with Gasteiger partial charge in [-0.15, -0.1) is 0 Å². The summed E-state index contributed by atoms with van der Waals surface area (Å²) >= 11 is 0. The topological polar surface area (TPSA) is 187 Å². The van der Waals surface area contributed by atoms with Crippen molar-refractivity contribution in [1.82, 2.24) is 15.5 Å². The number of carbonyl (C=O) groups is 5. The van der Waals surface area contributed by atoms with Gasteiger partial charge in [0.1, 0.15) is 6.10 Å². The van der Waals surface area contributed by atoms with Crippen molar-refractivity contribution in [2.75, 3.05) is 27.3 Å². The van der Waals surface area contributed by atoms with Crippen molar-refractivity contribution in [3.63, 3.8) is 0 Å². The van der Waals surface area contributed by atoms with Crippen molar-refractivity contribution >= 4 is 29.5 Å². The molecular weight excluding hydrogens is 704 g/mol. The van der Waals surface area contributed by atoms with E-state index in [1.807, 2.05) is 19.1 Å². The van der Waals surface area contributed by atoms with Crippen LogP contribution in [0.2, 0.25) is 0 Å². The normalized spacial score (nSPS) is 27.0. The molecule has 6 atom stereocenters. The maximum atomic E-state index is 14.1. The predicted molar refractivity (Wildman–Crippen MR) is 209 cm³/mol. The van der Waals surface area contributed by atoms with Gasteiger partial charge in [0.25, 0.3) is 11.8 Å².